The van der Waals surface area contributed by atoms with Crippen molar-refractivity contribution < 1.29 is 4.79 Å². The van der Waals surface area contributed by atoms with E-state index in [0.717, 1.165) is 49.6 Å². The number of aryl methyl sites for hydroxylation is 1. The summed E-state index contributed by atoms with van der Waals surface area (Å²) in [7, 11) is 2.11. The second kappa shape index (κ2) is 6.92. The third-order valence-corrected chi connectivity index (χ3v) is 4.39. The monoisotopic (exact) mass is 309 g/mol. The Morgan fingerprint density at radius 2 is 1.78 bits per heavy atom. The largest absolute Gasteiger partial charge is 0.337 e. The van der Waals surface area contributed by atoms with Gasteiger partial charge < -0.3 is 9.80 Å². The maximum Gasteiger partial charge on any atom is 0.255 e. The van der Waals surface area contributed by atoms with Crippen LogP contribution in [0.1, 0.15) is 22.5 Å². The highest BCUT2D eigenvalue weighted by Gasteiger charge is 2.21. The lowest BCUT2D eigenvalue weighted by atomic mass is 10.1. The summed E-state index contributed by atoms with van der Waals surface area (Å²) in [6, 6.07) is 13.9. The molecule has 4 heteroatoms. The van der Waals surface area contributed by atoms with Crippen LogP contribution in [0.25, 0.3) is 11.3 Å². The average molecular weight is 309 g/mol. The zero-order valence-corrected chi connectivity index (χ0v) is 13.8. The second-order valence-corrected chi connectivity index (χ2v) is 6.14. The summed E-state index contributed by atoms with van der Waals surface area (Å²) in [6.45, 7) is 5.51. The van der Waals surface area contributed by atoms with Gasteiger partial charge in [-0.1, -0.05) is 30.3 Å². The summed E-state index contributed by atoms with van der Waals surface area (Å²) >= 11 is 0. The molecule has 0 atom stereocenters. The Bertz CT molecular complexity index is 684. The molecule has 1 aliphatic heterocycles. The van der Waals surface area contributed by atoms with E-state index in [1.165, 1.54) is 0 Å². The van der Waals surface area contributed by atoms with Gasteiger partial charge in [0.2, 0.25) is 0 Å². The number of pyridine rings is 1. The minimum Gasteiger partial charge on any atom is -0.337 e. The van der Waals surface area contributed by atoms with Crippen LogP contribution in [0.15, 0.2) is 42.5 Å². The number of amides is 1. The summed E-state index contributed by atoms with van der Waals surface area (Å²) in [4.78, 5) is 21.7. The third kappa shape index (κ3) is 3.59. The van der Waals surface area contributed by atoms with Gasteiger partial charge in [0, 0.05) is 25.2 Å². The van der Waals surface area contributed by atoms with Crippen LogP contribution in [0.5, 0.6) is 0 Å². The number of benzene rings is 1. The smallest absolute Gasteiger partial charge is 0.255 e. The van der Waals surface area contributed by atoms with Gasteiger partial charge in [0.05, 0.1) is 17.0 Å². The maximum atomic E-state index is 12.8. The minimum atomic E-state index is 0.102. The van der Waals surface area contributed by atoms with E-state index in [1.54, 1.807) is 0 Å². The zero-order chi connectivity index (χ0) is 16.2. The Balaban J connectivity index is 1.81. The SMILES string of the molecule is Cc1nc(-c2ccccc2)ccc1C(=O)N1CCCN(C)CC1. The van der Waals surface area contributed by atoms with Crippen molar-refractivity contribution >= 4 is 5.91 Å². The van der Waals surface area contributed by atoms with Crippen molar-refractivity contribution in [1.82, 2.24) is 14.8 Å². The van der Waals surface area contributed by atoms with Crippen LogP contribution in [-0.2, 0) is 0 Å². The molecule has 3 rings (SSSR count). The standard InChI is InChI=1S/C19H23N3O/c1-15-17(19(23)22-12-6-11-21(2)13-14-22)9-10-18(20-15)16-7-4-3-5-8-16/h3-5,7-10H,6,11-14H2,1-2H3. The van der Waals surface area contributed by atoms with Gasteiger partial charge in [-0.2, -0.15) is 0 Å². The molecule has 0 saturated carbocycles. The van der Waals surface area contributed by atoms with Crippen molar-refractivity contribution in [3.63, 3.8) is 0 Å². The van der Waals surface area contributed by atoms with Gasteiger partial charge in [0.15, 0.2) is 0 Å². The second-order valence-electron chi connectivity index (χ2n) is 6.14. The quantitative estimate of drug-likeness (QED) is 0.856. The Hall–Kier alpha value is -2.20. The van der Waals surface area contributed by atoms with Crippen LogP contribution in [0.3, 0.4) is 0 Å². The number of aromatic nitrogens is 1. The number of carbonyl (C=O) groups excluding carboxylic acids is 1. The first-order valence-corrected chi connectivity index (χ1v) is 8.16. The molecule has 1 aromatic heterocycles. The molecule has 0 radical (unpaired) electrons. The molecule has 0 N–H and O–H groups in total. The molecular weight excluding hydrogens is 286 g/mol. The van der Waals surface area contributed by atoms with Crippen LogP contribution in [-0.4, -0.2) is 53.9 Å². The van der Waals surface area contributed by atoms with Crippen molar-refractivity contribution in [2.75, 3.05) is 33.2 Å². The highest BCUT2D eigenvalue weighted by molar-refractivity contribution is 5.95. The first-order chi connectivity index (χ1) is 11.1. The maximum absolute atomic E-state index is 12.8. The number of hydrogen-bond donors (Lipinski definition) is 0. The van der Waals surface area contributed by atoms with Crippen LogP contribution in [0.4, 0.5) is 0 Å². The van der Waals surface area contributed by atoms with Crippen molar-refractivity contribution in [2.45, 2.75) is 13.3 Å². The molecule has 1 aliphatic rings. The normalized spacial score (nSPS) is 16.2. The van der Waals surface area contributed by atoms with Gasteiger partial charge in [-0.15, -0.1) is 0 Å². The van der Waals surface area contributed by atoms with Gasteiger partial charge in [0.1, 0.15) is 0 Å². The van der Waals surface area contributed by atoms with E-state index in [0.29, 0.717) is 5.56 Å². The first kappa shape index (κ1) is 15.7. The lowest BCUT2D eigenvalue weighted by Gasteiger charge is -2.21. The average Bonchev–Trinajstić information content (AvgIpc) is 2.79. The fourth-order valence-corrected chi connectivity index (χ4v) is 2.98. The van der Waals surface area contributed by atoms with Gasteiger partial charge in [-0.3, -0.25) is 9.78 Å². The molecule has 0 unspecified atom stereocenters. The van der Waals surface area contributed by atoms with E-state index in [2.05, 4.69) is 16.9 Å². The molecule has 23 heavy (non-hydrogen) atoms. The molecule has 1 fully saturated rings. The molecule has 2 aromatic rings. The van der Waals surface area contributed by atoms with Crippen molar-refractivity contribution in [3.05, 3.63) is 53.7 Å². The van der Waals surface area contributed by atoms with Crippen LogP contribution in [0.2, 0.25) is 0 Å². The summed E-state index contributed by atoms with van der Waals surface area (Å²) in [5.41, 5.74) is 3.50. The Morgan fingerprint density at radius 1 is 1.00 bits per heavy atom. The lowest BCUT2D eigenvalue weighted by Crippen LogP contribution is -2.35. The lowest BCUT2D eigenvalue weighted by molar-refractivity contribution is 0.0761. The predicted octanol–water partition coefficient (Wildman–Crippen LogP) is 2.83. The van der Waals surface area contributed by atoms with Gasteiger partial charge >= 0.3 is 0 Å². The van der Waals surface area contributed by atoms with Gasteiger partial charge in [-0.25, -0.2) is 0 Å². The minimum absolute atomic E-state index is 0.102. The van der Waals surface area contributed by atoms with Crippen molar-refractivity contribution in [3.8, 4) is 11.3 Å². The highest BCUT2D eigenvalue weighted by atomic mass is 16.2. The van der Waals surface area contributed by atoms with Crippen molar-refractivity contribution in [2.24, 2.45) is 0 Å². The molecule has 1 amide bonds. The molecule has 120 valence electrons. The molecule has 2 heterocycles. The van der Waals surface area contributed by atoms with E-state index < -0.39 is 0 Å². The Morgan fingerprint density at radius 3 is 2.52 bits per heavy atom. The number of rotatable bonds is 2. The Labute approximate surface area is 137 Å². The number of nitrogens with zero attached hydrogens (tertiary/aromatic N) is 3. The predicted molar refractivity (Wildman–Crippen MR) is 92.4 cm³/mol. The summed E-state index contributed by atoms with van der Waals surface area (Å²) in [5.74, 6) is 0.102. The Kier molecular flexibility index (Phi) is 4.72. The molecule has 0 spiro atoms. The highest BCUT2D eigenvalue weighted by Crippen LogP contribution is 2.20. The van der Waals surface area contributed by atoms with E-state index in [9.17, 15) is 4.79 Å². The van der Waals surface area contributed by atoms with E-state index in [4.69, 9.17) is 0 Å². The first-order valence-electron chi connectivity index (χ1n) is 8.16. The van der Waals surface area contributed by atoms with E-state index >= 15 is 0 Å². The number of hydrogen-bond acceptors (Lipinski definition) is 3. The fourth-order valence-electron chi connectivity index (χ4n) is 2.98. The molecule has 1 aromatic carbocycles. The fraction of sp³-hybridized carbons (Fsp3) is 0.368. The summed E-state index contributed by atoms with van der Waals surface area (Å²) < 4.78 is 0. The molecule has 0 bridgehead atoms. The zero-order valence-electron chi connectivity index (χ0n) is 13.8. The molecule has 4 nitrogen and oxygen atoms in total. The van der Waals surface area contributed by atoms with Crippen LogP contribution >= 0.6 is 0 Å². The topological polar surface area (TPSA) is 36.4 Å². The summed E-state index contributed by atoms with van der Waals surface area (Å²) in [5, 5.41) is 0. The van der Waals surface area contributed by atoms with Crippen molar-refractivity contribution in [1.29, 1.82) is 0 Å². The van der Waals surface area contributed by atoms with Gasteiger partial charge in [-0.05, 0) is 39.1 Å². The third-order valence-electron chi connectivity index (χ3n) is 4.39. The van der Waals surface area contributed by atoms with Gasteiger partial charge in [0.25, 0.3) is 5.91 Å². The number of carbonyl (C=O) groups is 1. The summed E-state index contributed by atoms with van der Waals surface area (Å²) in [6.07, 6.45) is 1.02. The van der Waals surface area contributed by atoms with Crippen LogP contribution in [0, 0.1) is 6.92 Å². The number of likely N-dealkylation sites (N-methyl/N-ethyl adjacent to an activating group) is 1. The van der Waals surface area contributed by atoms with Crippen LogP contribution < -0.4 is 0 Å². The molecule has 1 saturated heterocycles. The van der Waals surface area contributed by atoms with E-state index in [-0.39, 0.29) is 5.91 Å². The molecular formula is C19H23N3O. The van der Waals surface area contributed by atoms with E-state index in [1.807, 2.05) is 54.3 Å². The molecule has 0 aliphatic carbocycles.